The van der Waals surface area contributed by atoms with Crippen molar-refractivity contribution in [3.8, 4) is 11.5 Å². The average Bonchev–Trinajstić information content (AvgIpc) is 2.53. The summed E-state index contributed by atoms with van der Waals surface area (Å²) in [6.07, 6.45) is 1.54. The number of carbonyl (C=O) groups is 1. The number of rotatable bonds is 6. The summed E-state index contributed by atoms with van der Waals surface area (Å²) < 4.78 is 12.2. The molecule has 2 aromatic carbocycles. The number of hydrogen-bond donors (Lipinski definition) is 1. The number of benzene rings is 2. The van der Waals surface area contributed by atoms with Gasteiger partial charge in [0.1, 0.15) is 11.5 Å². The van der Waals surface area contributed by atoms with Gasteiger partial charge in [-0.05, 0) is 74.2 Å². The van der Waals surface area contributed by atoms with Crippen molar-refractivity contribution in [2.75, 3.05) is 13.7 Å². The van der Waals surface area contributed by atoms with Gasteiger partial charge in [-0.25, -0.2) is 5.43 Å². The van der Waals surface area contributed by atoms with E-state index in [-0.39, 0.29) is 12.5 Å². The maximum Gasteiger partial charge on any atom is 0.277 e. The molecule has 1 amide bonds. The van der Waals surface area contributed by atoms with E-state index in [2.05, 4.69) is 42.4 Å². The lowest BCUT2D eigenvalue weighted by molar-refractivity contribution is -0.123. The van der Waals surface area contributed by atoms with Gasteiger partial charge in [0.25, 0.3) is 5.91 Å². The zero-order valence-electron chi connectivity index (χ0n) is 13.2. The molecule has 1 N–H and O–H groups in total. The largest absolute Gasteiger partial charge is 0.494 e. The van der Waals surface area contributed by atoms with Gasteiger partial charge < -0.3 is 9.47 Å². The van der Waals surface area contributed by atoms with E-state index in [0.29, 0.717) is 11.5 Å². The first-order valence-electron chi connectivity index (χ1n) is 7.04. The first-order chi connectivity index (χ1) is 11.5. The Kier molecular flexibility index (Phi) is 6.81. The Balaban J connectivity index is 1.88. The zero-order chi connectivity index (χ0) is 17.5. The van der Waals surface area contributed by atoms with E-state index in [1.165, 1.54) is 0 Å². The highest BCUT2D eigenvalue weighted by atomic mass is 79.9. The number of nitrogens with zero attached hydrogens (tertiary/aromatic N) is 1. The smallest absolute Gasteiger partial charge is 0.277 e. The van der Waals surface area contributed by atoms with Crippen LogP contribution in [0.4, 0.5) is 0 Å². The molecule has 0 unspecified atom stereocenters. The minimum Gasteiger partial charge on any atom is -0.494 e. The fraction of sp³-hybridized carbons (Fsp3) is 0.176. The van der Waals surface area contributed by atoms with E-state index in [0.717, 1.165) is 20.1 Å². The van der Waals surface area contributed by atoms with Crippen molar-refractivity contribution in [3.63, 3.8) is 0 Å². The number of halogens is 2. The van der Waals surface area contributed by atoms with E-state index in [1.54, 1.807) is 19.4 Å². The topological polar surface area (TPSA) is 59.9 Å². The Morgan fingerprint density at radius 3 is 2.58 bits per heavy atom. The molecule has 7 heteroatoms. The molecule has 0 heterocycles. The number of carbonyl (C=O) groups excluding carboxylic acids is 1. The van der Waals surface area contributed by atoms with E-state index in [4.69, 9.17) is 9.47 Å². The standard InChI is InChI=1S/C17H16Br2N2O3/c1-11-4-3-5-13(6-11)24-10-16(22)21-20-9-12-7-14(18)17(23-2)15(19)8-12/h3-9H,10H2,1-2H3,(H,21,22)/b20-9+. The third-order valence-corrected chi connectivity index (χ3v) is 4.17. The van der Waals surface area contributed by atoms with Crippen LogP contribution in [-0.4, -0.2) is 25.8 Å². The monoisotopic (exact) mass is 454 g/mol. The molecule has 0 aliphatic heterocycles. The van der Waals surface area contributed by atoms with Crippen LogP contribution in [0.2, 0.25) is 0 Å². The maximum atomic E-state index is 11.7. The molecule has 0 saturated carbocycles. The second-order valence-corrected chi connectivity index (χ2v) is 6.62. The first-order valence-corrected chi connectivity index (χ1v) is 8.62. The molecule has 24 heavy (non-hydrogen) atoms. The SMILES string of the molecule is COc1c(Br)cc(/C=N/NC(=O)COc2cccc(C)c2)cc1Br. The van der Waals surface area contributed by atoms with Crippen molar-refractivity contribution in [2.45, 2.75) is 6.92 Å². The number of aryl methyl sites for hydroxylation is 1. The molecule has 2 rings (SSSR count). The summed E-state index contributed by atoms with van der Waals surface area (Å²) in [6.45, 7) is 1.86. The van der Waals surface area contributed by atoms with Gasteiger partial charge in [-0.3, -0.25) is 4.79 Å². The second kappa shape index (κ2) is 8.84. The summed E-state index contributed by atoms with van der Waals surface area (Å²) >= 11 is 6.82. The minimum atomic E-state index is -0.334. The zero-order valence-corrected chi connectivity index (χ0v) is 16.3. The molecule has 0 bridgehead atoms. The van der Waals surface area contributed by atoms with Crippen molar-refractivity contribution in [2.24, 2.45) is 5.10 Å². The normalized spacial score (nSPS) is 10.7. The minimum absolute atomic E-state index is 0.100. The number of methoxy groups -OCH3 is 1. The van der Waals surface area contributed by atoms with Crippen molar-refractivity contribution >= 4 is 44.0 Å². The molecule has 0 aliphatic rings. The molecule has 0 atom stereocenters. The predicted octanol–water partition coefficient (Wildman–Crippen LogP) is 4.06. The Bertz CT molecular complexity index is 740. The molecule has 0 saturated heterocycles. The summed E-state index contributed by atoms with van der Waals surface area (Å²) in [7, 11) is 1.59. The fourth-order valence-electron chi connectivity index (χ4n) is 1.91. The highest BCUT2D eigenvalue weighted by Crippen LogP contribution is 2.33. The van der Waals surface area contributed by atoms with Gasteiger partial charge in [-0.2, -0.15) is 5.10 Å². The van der Waals surface area contributed by atoms with Crippen molar-refractivity contribution in [3.05, 3.63) is 56.5 Å². The van der Waals surface area contributed by atoms with Crippen molar-refractivity contribution in [1.82, 2.24) is 5.43 Å². The lowest BCUT2D eigenvalue weighted by Crippen LogP contribution is -2.24. The lowest BCUT2D eigenvalue weighted by Gasteiger charge is -2.07. The van der Waals surface area contributed by atoms with Gasteiger partial charge in [0.05, 0.1) is 22.3 Å². The Morgan fingerprint density at radius 2 is 1.96 bits per heavy atom. The van der Waals surface area contributed by atoms with E-state index >= 15 is 0 Å². The molecular weight excluding hydrogens is 440 g/mol. The fourth-order valence-corrected chi connectivity index (χ4v) is 3.46. The Labute approximate surface area is 157 Å². The number of hydrazone groups is 1. The molecule has 0 radical (unpaired) electrons. The van der Waals surface area contributed by atoms with Crippen LogP contribution in [0.5, 0.6) is 11.5 Å². The van der Waals surface area contributed by atoms with Crippen LogP contribution in [0, 0.1) is 6.92 Å². The molecule has 5 nitrogen and oxygen atoms in total. The summed E-state index contributed by atoms with van der Waals surface area (Å²) in [6, 6.07) is 11.2. The average molecular weight is 456 g/mol. The van der Waals surface area contributed by atoms with Crippen LogP contribution in [0.1, 0.15) is 11.1 Å². The highest BCUT2D eigenvalue weighted by molar-refractivity contribution is 9.11. The van der Waals surface area contributed by atoms with Crippen LogP contribution >= 0.6 is 31.9 Å². The van der Waals surface area contributed by atoms with Crippen LogP contribution < -0.4 is 14.9 Å². The molecule has 0 fully saturated rings. The Morgan fingerprint density at radius 1 is 1.25 bits per heavy atom. The molecular formula is C17H16Br2N2O3. The van der Waals surface area contributed by atoms with E-state index < -0.39 is 0 Å². The lowest BCUT2D eigenvalue weighted by atomic mass is 10.2. The molecule has 126 valence electrons. The van der Waals surface area contributed by atoms with Crippen LogP contribution in [0.15, 0.2) is 50.4 Å². The van der Waals surface area contributed by atoms with Crippen molar-refractivity contribution < 1.29 is 14.3 Å². The van der Waals surface area contributed by atoms with Crippen molar-refractivity contribution in [1.29, 1.82) is 0 Å². The van der Waals surface area contributed by atoms with Crippen LogP contribution in [0.3, 0.4) is 0 Å². The van der Waals surface area contributed by atoms with E-state index in [1.807, 2.05) is 37.3 Å². The molecule has 0 spiro atoms. The maximum absolute atomic E-state index is 11.7. The summed E-state index contributed by atoms with van der Waals surface area (Å²) in [5, 5.41) is 3.92. The number of hydrogen-bond acceptors (Lipinski definition) is 4. The first kappa shape index (κ1) is 18.5. The summed E-state index contributed by atoms with van der Waals surface area (Å²) in [4.78, 5) is 11.7. The number of ether oxygens (including phenoxy) is 2. The summed E-state index contributed by atoms with van der Waals surface area (Å²) in [5.74, 6) is 1.01. The predicted molar refractivity (Wildman–Crippen MR) is 101 cm³/mol. The second-order valence-electron chi connectivity index (χ2n) is 4.92. The number of nitrogens with one attached hydrogen (secondary N) is 1. The number of amides is 1. The third kappa shape index (κ3) is 5.35. The van der Waals surface area contributed by atoms with Crippen LogP contribution in [-0.2, 0) is 4.79 Å². The quantitative estimate of drug-likeness (QED) is 0.527. The van der Waals surface area contributed by atoms with Gasteiger partial charge in [-0.15, -0.1) is 0 Å². The van der Waals surface area contributed by atoms with Gasteiger partial charge in [0, 0.05) is 0 Å². The molecule has 2 aromatic rings. The van der Waals surface area contributed by atoms with Crippen LogP contribution in [0.25, 0.3) is 0 Å². The van der Waals surface area contributed by atoms with E-state index in [9.17, 15) is 4.79 Å². The highest BCUT2D eigenvalue weighted by Gasteiger charge is 2.07. The third-order valence-electron chi connectivity index (χ3n) is 2.99. The molecule has 0 aliphatic carbocycles. The molecule has 0 aromatic heterocycles. The summed E-state index contributed by atoms with van der Waals surface area (Å²) in [5.41, 5.74) is 4.30. The van der Waals surface area contributed by atoms with Gasteiger partial charge in [-0.1, -0.05) is 12.1 Å². The van der Waals surface area contributed by atoms with Gasteiger partial charge >= 0.3 is 0 Å². The van der Waals surface area contributed by atoms with Gasteiger partial charge in [0.2, 0.25) is 0 Å². The van der Waals surface area contributed by atoms with Gasteiger partial charge in [0.15, 0.2) is 6.61 Å². The Hall–Kier alpha value is -1.86.